The molecule has 92 valence electrons. The van der Waals surface area contributed by atoms with Crippen molar-refractivity contribution in [2.45, 2.75) is 38.6 Å². The van der Waals surface area contributed by atoms with E-state index in [0.717, 1.165) is 51.4 Å². The van der Waals surface area contributed by atoms with Gasteiger partial charge in [0.15, 0.2) is 0 Å². The second-order valence-electron chi connectivity index (χ2n) is 5.50. The molecule has 1 aliphatic carbocycles. The number of ketones is 1. The van der Waals surface area contributed by atoms with E-state index in [9.17, 15) is 4.79 Å². The molecule has 2 aliphatic rings. The number of nitrogens with zero attached hydrogens (tertiary/aromatic N) is 1. The molecule has 3 unspecified atom stereocenters. The lowest BCUT2D eigenvalue weighted by molar-refractivity contribution is -0.126. The van der Waals surface area contributed by atoms with Gasteiger partial charge in [0, 0.05) is 31.5 Å². The lowest BCUT2D eigenvalue weighted by Gasteiger charge is -2.31. The van der Waals surface area contributed by atoms with Crippen LogP contribution in [0.2, 0.25) is 0 Å². The van der Waals surface area contributed by atoms with E-state index in [1.54, 1.807) is 0 Å². The summed E-state index contributed by atoms with van der Waals surface area (Å²) < 4.78 is 5.39. The highest BCUT2D eigenvalue weighted by molar-refractivity contribution is 5.81. The van der Waals surface area contributed by atoms with Gasteiger partial charge in [0.05, 0.1) is 6.61 Å². The molecule has 0 aromatic carbocycles. The fraction of sp³-hybridized carbons (Fsp3) is 0.923. The summed E-state index contributed by atoms with van der Waals surface area (Å²) in [4.78, 5) is 14.2. The number of Topliss-reactive ketones (excluding diaryl/α,β-unsaturated/α-hetero) is 1. The highest BCUT2D eigenvalue weighted by Crippen LogP contribution is 2.27. The fourth-order valence-corrected chi connectivity index (χ4v) is 2.87. The van der Waals surface area contributed by atoms with Crippen LogP contribution in [0.15, 0.2) is 0 Å². The predicted octanol–water partition coefficient (Wildman–Crippen LogP) is 1.71. The Labute approximate surface area is 98.1 Å². The van der Waals surface area contributed by atoms with Crippen molar-refractivity contribution in [3.05, 3.63) is 0 Å². The maximum atomic E-state index is 11.8. The van der Waals surface area contributed by atoms with Crippen LogP contribution in [0, 0.1) is 11.8 Å². The molecule has 1 saturated heterocycles. The monoisotopic (exact) mass is 225 g/mol. The van der Waals surface area contributed by atoms with Crippen molar-refractivity contribution in [2.24, 2.45) is 11.8 Å². The molecular weight excluding hydrogens is 202 g/mol. The first-order chi connectivity index (χ1) is 7.66. The Kier molecular flexibility index (Phi) is 3.98. The van der Waals surface area contributed by atoms with Crippen LogP contribution in [0.5, 0.6) is 0 Å². The molecule has 3 nitrogen and oxygen atoms in total. The van der Waals surface area contributed by atoms with E-state index in [2.05, 4.69) is 18.9 Å². The highest BCUT2D eigenvalue weighted by Gasteiger charge is 2.29. The Morgan fingerprint density at radius 3 is 2.94 bits per heavy atom. The number of rotatable bonds is 3. The van der Waals surface area contributed by atoms with Crippen molar-refractivity contribution >= 4 is 5.78 Å². The topological polar surface area (TPSA) is 29.5 Å². The molecule has 0 aromatic rings. The largest absolute Gasteiger partial charge is 0.380 e. The van der Waals surface area contributed by atoms with Gasteiger partial charge in [0.25, 0.3) is 0 Å². The van der Waals surface area contributed by atoms with E-state index in [0.29, 0.717) is 11.8 Å². The second kappa shape index (κ2) is 5.28. The van der Waals surface area contributed by atoms with Crippen LogP contribution >= 0.6 is 0 Å². The van der Waals surface area contributed by atoms with E-state index in [1.165, 1.54) is 0 Å². The maximum Gasteiger partial charge on any atom is 0.137 e. The Balaban J connectivity index is 1.84. The van der Waals surface area contributed by atoms with E-state index in [1.807, 2.05) is 0 Å². The minimum atomic E-state index is 0.273. The van der Waals surface area contributed by atoms with Crippen LogP contribution in [0.25, 0.3) is 0 Å². The average Bonchev–Trinajstić information content (AvgIpc) is 2.76. The summed E-state index contributed by atoms with van der Waals surface area (Å²) in [6.07, 6.45) is 4.08. The molecule has 0 aromatic heterocycles. The third kappa shape index (κ3) is 2.83. The molecule has 0 N–H and O–H groups in total. The molecular formula is C13H23NO2. The first-order valence-electron chi connectivity index (χ1n) is 6.47. The van der Waals surface area contributed by atoms with Crippen molar-refractivity contribution in [1.29, 1.82) is 0 Å². The van der Waals surface area contributed by atoms with Gasteiger partial charge in [-0.2, -0.15) is 0 Å². The molecule has 2 rings (SSSR count). The zero-order valence-corrected chi connectivity index (χ0v) is 10.4. The van der Waals surface area contributed by atoms with E-state index in [-0.39, 0.29) is 5.92 Å². The van der Waals surface area contributed by atoms with Gasteiger partial charge in [-0.05, 0) is 32.2 Å². The lowest BCUT2D eigenvalue weighted by atomic mass is 9.81. The van der Waals surface area contributed by atoms with Crippen LogP contribution in [0.1, 0.15) is 32.6 Å². The average molecular weight is 225 g/mol. The van der Waals surface area contributed by atoms with Gasteiger partial charge in [-0.15, -0.1) is 0 Å². The number of ether oxygens (including phenoxy) is 1. The minimum absolute atomic E-state index is 0.273. The molecule has 1 saturated carbocycles. The van der Waals surface area contributed by atoms with Gasteiger partial charge in [-0.25, -0.2) is 0 Å². The van der Waals surface area contributed by atoms with Gasteiger partial charge in [0.1, 0.15) is 5.78 Å². The van der Waals surface area contributed by atoms with Gasteiger partial charge >= 0.3 is 0 Å². The summed E-state index contributed by atoms with van der Waals surface area (Å²) in [6.45, 7) is 4.91. The lowest BCUT2D eigenvalue weighted by Crippen LogP contribution is -2.40. The summed E-state index contributed by atoms with van der Waals surface area (Å²) in [6, 6.07) is 0.532. The smallest absolute Gasteiger partial charge is 0.137 e. The molecule has 1 heterocycles. The van der Waals surface area contributed by atoms with E-state index in [4.69, 9.17) is 4.74 Å². The number of hydrogen-bond acceptors (Lipinski definition) is 3. The SMILES string of the molecule is CC1CCC(=O)C(CN(C)C2CCOC2)C1. The second-order valence-corrected chi connectivity index (χ2v) is 5.50. The Bertz CT molecular complexity index is 248. The molecule has 0 bridgehead atoms. The van der Waals surface area contributed by atoms with Crippen molar-refractivity contribution in [2.75, 3.05) is 26.8 Å². The number of carbonyl (C=O) groups is 1. The van der Waals surface area contributed by atoms with Crippen LogP contribution in [0.4, 0.5) is 0 Å². The zero-order valence-electron chi connectivity index (χ0n) is 10.4. The summed E-state index contributed by atoms with van der Waals surface area (Å²) in [5, 5.41) is 0. The normalized spacial score (nSPS) is 35.9. The minimum Gasteiger partial charge on any atom is -0.380 e. The van der Waals surface area contributed by atoms with Gasteiger partial charge in [-0.3, -0.25) is 4.79 Å². The van der Waals surface area contributed by atoms with Crippen LogP contribution < -0.4 is 0 Å². The molecule has 0 spiro atoms. The third-order valence-corrected chi connectivity index (χ3v) is 4.06. The van der Waals surface area contributed by atoms with Gasteiger partial charge < -0.3 is 9.64 Å². The molecule has 2 fully saturated rings. The summed E-state index contributed by atoms with van der Waals surface area (Å²) in [5.41, 5.74) is 0. The fourth-order valence-electron chi connectivity index (χ4n) is 2.87. The molecule has 3 atom stereocenters. The van der Waals surface area contributed by atoms with E-state index < -0.39 is 0 Å². The molecule has 3 heteroatoms. The van der Waals surface area contributed by atoms with Crippen LogP contribution in [-0.2, 0) is 9.53 Å². The summed E-state index contributed by atoms with van der Waals surface area (Å²) in [5.74, 6) is 1.47. The van der Waals surface area contributed by atoms with Gasteiger partial charge in [-0.1, -0.05) is 6.92 Å². The van der Waals surface area contributed by atoms with Crippen molar-refractivity contribution in [3.8, 4) is 0 Å². The first kappa shape index (κ1) is 12.1. The Morgan fingerprint density at radius 2 is 2.25 bits per heavy atom. The van der Waals surface area contributed by atoms with Crippen molar-refractivity contribution < 1.29 is 9.53 Å². The number of carbonyl (C=O) groups excluding carboxylic acids is 1. The standard InChI is InChI=1S/C13H23NO2/c1-10-3-4-13(15)11(7-10)8-14(2)12-5-6-16-9-12/h10-12H,3-9H2,1-2H3. The van der Waals surface area contributed by atoms with Crippen LogP contribution in [-0.4, -0.2) is 43.5 Å². The van der Waals surface area contributed by atoms with Crippen LogP contribution in [0.3, 0.4) is 0 Å². The molecule has 0 amide bonds. The highest BCUT2D eigenvalue weighted by atomic mass is 16.5. The molecule has 0 radical (unpaired) electrons. The Morgan fingerprint density at radius 1 is 1.44 bits per heavy atom. The van der Waals surface area contributed by atoms with Gasteiger partial charge in [0.2, 0.25) is 0 Å². The summed E-state index contributed by atoms with van der Waals surface area (Å²) in [7, 11) is 2.13. The number of likely N-dealkylation sites (N-methyl/N-ethyl adjacent to an activating group) is 1. The van der Waals surface area contributed by atoms with Crippen molar-refractivity contribution in [3.63, 3.8) is 0 Å². The van der Waals surface area contributed by atoms with E-state index >= 15 is 0 Å². The molecule has 16 heavy (non-hydrogen) atoms. The first-order valence-corrected chi connectivity index (χ1v) is 6.47. The summed E-state index contributed by atoms with van der Waals surface area (Å²) >= 11 is 0. The maximum absolute atomic E-state index is 11.8. The quantitative estimate of drug-likeness (QED) is 0.732. The molecule has 1 aliphatic heterocycles. The zero-order chi connectivity index (χ0) is 11.5. The van der Waals surface area contributed by atoms with Crippen molar-refractivity contribution in [1.82, 2.24) is 4.90 Å². The predicted molar refractivity (Wildman–Crippen MR) is 63.4 cm³/mol. The number of hydrogen-bond donors (Lipinski definition) is 0. The third-order valence-electron chi connectivity index (χ3n) is 4.06. The Hall–Kier alpha value is -0.410.